The van der Waals surface area contributed by atoms with Gasteiger partial charge in [0.2, 0.25) is 0 Å². The number of carbonyl (C=O) groups is 1. The van der Waals surface area contributed by atoms with Crippen molar-refractivity contribution in [1.82, 2.24) is 9.88 Å². The van der Waals surface area contributed by atoms with Gasteiger partial charge in [0.15, 0.2) is 5.43 Å². The number of fused-ring (bicyclic) bond motifs is 1. The van der Waals surface area contributed by atoms with E-state index in [1.807, 2.05) is 6.92 Å². The summed E-state index contributed by atoms with van der Waals surface area (Å²) in [5.41, 5.74) is 2.40. The Bertz CT molecular complexity index is 797. The van der Waals surface area contributed by atoms with Gasteiger partial charge in [0.1, 0.15) is 11.4 Å². The Morgan fingerprint density at radius 1 is 1.36 bits per heavy atom. The average molecular weight is 300 g/mol. The molecule has 1 atom stereocenters. The van der Waals surface area contributed by atoms with E-state index in [0.29, 0.717) is 18.7 Å². The van der Waals surface area contributed by atoms with Gasteiger partial charge in [-0.05, 0) is 43.5 Å². The average Bonchev–Trinajstić information content (AvgIpc) is 2.47. The van der Waals surface area contributed by atoms with Crippen molar-refractivity contribution in [1.29, 1.82) is 0 Å². The quantitative estimate of drug-likeness (QED) is 0.880. The second-order valence-corrected chi connectivity index (χ2v) is 5.66. The zero-order valence-corrected chi connectivity index (χ0v) is 12.5. The van der Waals surface area contributed by atoms with Crippen LogP contribution in [-0.2, 0) is 6.42 Å². The van der Waals surface area contributed by atoms with Crippen molar-refractivity contribution in [3.05, 3.63) is 68.9 Å². The standard InChI is InChI=1S/C17H17FN2O2/c1-10-7-16(21)15(9-19-10)17(22)20-6-5-12-3-4-13(18)8-14(12)11(20)2/h3-4,7-9,11H,5-6H2,1-2H3,(H,19,21)/t11-/m1/s1. The van der Waals surface area contributed by atoms with Gasteiger partial charge in [0.25, 0.3) is 5.91 Å². The molecule has 2 heterocycles. The molecule has 1 aromatic carbocycles. The zero-order valence-electron chi connectivity index (χ0n) is 12.5. The van der Waals surface area contributed by atoms with Crippen molar-refractivity contribution in [2.75, 3.05) is 6.54 Å². The van der Waals surface area contributed by atoms with Crippen molar-refractivity contribution in [3.8, 4) is 0 Å². The van der Waals surface area contributed by atoms with Crippen LogP contribution in [0.1, 0.15) is 40.1 Å². The van der Waals surface area contributed by atoms with Crippen molar-refractivity contribution in [3.63, 3.8) is 0 Å². The van der Waals surface area contributed by atoms with E-state index in [1.54, 1.807) is 17.9 Å². The molecule has 0 saturated heterocycles. The molecule has 0 unspecified atom stereocenters. The smallest absolute Gasteiger partial charge is 0.259 e. The van der Waals surface area contributed by atoms with Gasteiger partial charge in [-0.3, -0.25) is 9.59 Å². The Morgan fingerprint density at radius 2 is 2.14 bits per heavy atom. The summed E-state index contributed by atoms with van der Waals surface area (Å²) in [6, 6.07) is 5.83. The molecule has 1 aliphatic heterocycles. The first kappa shape index (κ1) is 14.5. The van der Waals surface area contributed by atoms with E-state index in [9.17, 15) is 14.0 Å². The minimum atomic E-state index is -0.316. The minimum absolute atomic E-state index is 0.123. The number of aromatic amines is 1. The molecule has 2 aromatic rings. The second kappa shape index (κ2) is 5.40. The molecular formula is C17H17FN2O2. The number of aryl methyl sites for hydroxylation is 1. The van der Waals surface area contributed by atoms with Gasteiger partial charge >= 0.3 is 0 Å². The van der Waals surface area contributed by atoms with Gasteiger partial charge in [-0.15, -0.1) is 0 Å². The maximum absolute atomic E-state index is 13.5. The first-order valence-electron chi connectivity index (χ1n) is 7.26. The lowest BCUT2D eigenvalue weighted by molar-refractivity contribution is 0.0675. The van der Waals surface area contributed by atoms with E-state index < -0.39 is 0 Å². The number of nitrogens with zero attached hydrogens (tertiary/aromatic N) is 1. The molecule has 0 radical (unpaired) electrons. The van der Waals surface area contributed by atoms with Crippen LogP contribution in [0, 0.1) is 12.7 Å². The number of carbonyl (C=O) groups excluding carboxylic acids is 1. The third-order valence-electron chi connectivity index (χ3n) is 4.20. The van der Waals surface area contributed by atoms with Gasteiger partial charge in [-0.2, -0.15) is 0 Å². The molecule has 0 bridgehead atoms. The molecule has 0 saturated carbocycles. The SMILES string of the molecule is Cc1cc(=O)c(C(=O)N2CCc3ccc(F)cc3[C@H]2C)c[nH]1. The van der Waals surface area contributed by atoms with Crippen LogP contribution in [0.3, 0.4) is 0 Å². The number of aromatic nitrogens is 1. The lowest BCUT2D eigenvalue weighted by Gasteiger charge is -2.35. The van der Waals surface area contributed by atoms with Crippen molar-refractivity contribution in [2.24, 2.45) is 0 Å². The maximum Gasteiger partial charge on any atom is 0.259 e. The van der Waals surface area contributed by atoms with E-state index in [0.717, 1.165) is 11.1 Å². The summed E-state index contributed by atoms with van der Waals surface area (Å²) in [6.45, 7) is 4.14. The fraction of sp³-hybridized carbons (Fsp3) is 0.294. The molecule has 1 amide bonds. The minimum Gasteiger partial charge on any atom is -0.364 e. The molecular weight excluding hydrogens is 283 g/mol. The summed E-state index contributed by atoms with van der Waals surface area (Å²) in [5, 5.41) is 0. The predicted molar refractivity (Wildman–Crippen MR) is 81.4 cm³/mol. The first-order chi connectivity index (χ1) is 10.5. The van der Waals surface area contributed by atoms with Crippen LogP contribution >= 0.6 is 0 Å². The van der Waals surface area contributed by atoms with E-state index in [4.69, 9.17) is 0 Å². The molecule has 114 valence electrons. The molecule has 0 aliphatic carbocycles. The van der Waals surface area contributed by atoms with Crippen LogP contribution in [-0.4, -0.2) is 22.3 Å². The highest BCUT2D eigenvalue weighted by Gasteiger charge is 2.29. The zero-order chi connectivity index (χ0) is 15.9. The number of H-pyrrole nitrogens is 1. The predicted octanol–water partition coefficient (Wildman–Crippen LogP) is 2.58. The van der Waals surface area contributed by atoms with Crippen LogP contribution in [0.15, 0.2) is 35.3 Å². The molecule has 22 heavy (non-hydrogen) atoms. The molecule has 3 rings (SSSR count). The summed E-state index contributed by atoms with van der Waals surface area (Å²) >= 11 is 0. The summed E-state index contributed by atoms with van der Waals surface area (Å²) in [4.78, 5) is 29.2. The number of nitrogens with one attached hydrogen (secondary N) is 1. The third-order valence-corrected chi connectivity index (χ3v) is 4.20. The number of rotatable bonds is 1. The normalized spacial score (nSPS) is 17.2. The van der Waals surface area contributed by atoms with E-state index >= 15 is 0 Å². The molecule has 1 aromatic heterocycles. The second-order valence-electron chi connectivity index (χ2n) is 5.66. The van der Waals surface area contributed by atoms with E-state index in [2.05, 4.69) is 4.98 Å². The lowest BCUT2D eigenvalue weighted by atomic mass is 9.93. The highest BCUT2D eigenvalue weighted by atomic mass is 19.1. The van der Waals surface area contributed by atoms with Crippen LogP contribution in [0.2, 0.25) is 0 Å². The Kier molecular flexibility index (Phi) is 3.56. The molecule has 4 nitrogen and oxygen atoms in total. The summed E-state index contributed by atoms with van der Waals surface area (Å²) < 4.78 is 13.5. The molecule has 1 N–H and O–H groups in total. The number of pyridine rings is 1. The Hall–Kier alpha value is -2.43. The number of halogens is 1. The highest BCUT2D eigenvalue weighted by Crippen LogP contribution is 2.30. The fourth-order valence-electron chi connectivity index (χ4n) is 2.96. The van der Waals surface area contributed by atoms with Crippen LogP contribution < -0.4 is 5.43 Å². The number of amides is 1. The topological polar surface area (TPSA) is 53.2 Å². The molecule has 5 heteroatoms. The number of hydrogen-bond acceptors (Lipinski definition) is 2. The molecule has 0 spiro atoms. The van der Waals surface area contributed by atoms with Crippen LogP contribution in [0.5, 0.6) is 0 Å². The maximum atomic E-state index is 13.5. The van der Waals surface area contributed by atoms with Crippen LogP contribution in [0.25, 0.3) is 0 Å². The Morgan fingerprint density at radius 3 is 2.86 bits per heavy atom. The van der Waals surface area contributed by atoms with Crippen LogP contribution in [0.4, 0.5) is 4.39 Å². The fourth-order valence-corrected chi connectivity index (χ4v) is 2.96. The largest absolute Gasteiger partial charge is 0.364 e. The van der Waals surface area contributed by atoms with Crippen molar-refractivity contribution >= 4 is 5.91 Å². The molecule has 0 fully saturated rings. The van der Waals surface area contributed by atoms with E-state index in [1.165, 1.54) is 24.4 Å². The summed E-state index contributed by atoms with van der Waals surface area (Å²) in [5.74, 6) is -0.628. The van der Waals surface area contributed by atoms with Gasteiger partial charge < -0.3 is 9.88 Å². The van der Waals surface area contributed by atoms with Gasteiger partial charge in [-0.25, -0.2) is 4.39 Å². The van der Waals surface area contributed by atoms with E-state index in [-0.39, 0.29) is 28.8 Å². The number of hydrogen-bond donors (Lipinski definition) is 1. The molecule has 1 aliphatic rings. The van der Waals surface area contributed by atoms with Crippen molar-refractivity contribution in [2.45, 2.75) is 26.3 Å². The van der Waals surface area contributed by atoms with Crippen molar-refractivity contribution < 1.29 is 9.18 Å². The van der Waals surface area contributed by atoms with Gasteiger partial charge in [-0.1, -0.05) is 6.07 Å². The lowest BCUT2D eigenvalue weighted by Crippen LogP contribution is -2.40. The number of benzene rings is 1. The first-order valence-corrected chi connectivity index (χ1v) is 7.26. The van der Waals surface area contributed by atoms with Gasteiger partial charge in [0, 0.05) is 24.5 Å². The summed E-state index contributed by atoms with van der Waals surface area (Å²) in [6.07, 6.45) is 2.11. The monoisotopic (exact) mass is 300 g/mol. The Labute approximate surface area is 127 Å². The highest BCUT2D eigenvalue weighted by molar-refractivity contribution is 5.94. The summed E-state index contributed by atoms with van der Waals surface area (Å²) in [7, 11) is 0. The Balaban J connectivity index is 1.96. The third kappa shape index (κ3) is 2.43. The van der Waals surface area contributed by atoms with Gasteiger partial charge in [0.05, 0.1) is 6.04 Å².